The molecule has 10 nitrogen and oxygen atoms in total. The lowest BCUT2D eigenvalue weighted by Gasteiger charge is -2.34. The minimum absolute atomic E-state index is 0.0496. The maximum Gasteiger partial charge on any atom is 0.261 e. The molecule has 0 aliphatic carbocycles. The van der Waals surface area contributed by atoms with Crippen LogP contribution in [0.15, 0.2) is 54.9 Å². The number of para-hydroxylation sites is 1. The number of fused-ring (bicyclic) bond motifs is 2. The first-order chi connectivity index (χ1) is 19.9. The van der Waals surface area contributed by atoms with Crippen LogP contribution in [-0.2, 0) is 13.6 Å². The number of hydrogen-bond acceptors (Lipinski definition) is 7. The van der Waals surface area contributed by atoms with Crippen LogP contribution in [0.5, 0.6) is 0 Å². The van der Waals surface area contributed by atoms with Crippen LogP contribution in [0.25, 0.3) is 22.2 Å². The molecule has 10 heteroatoms. The van der Waals surface area contributed by atoms with Crippen LogP contribution in [0.1, 0.15) is 27.2 Å². The Morgan fingerprint density at radius 2 is 1.76 bits per heavy atom. The topological polar surface area (TPSA) is 98.2 Å². The summed E-state index contributed by atoms with van der Waals surface area (Å²) in [5, 5.41) is 8.70. The van der Waals surface area contributed by atoms with Crippen molar-refractivity contribution in [1.29, 1.82) is 0 Å². The molecule has 5 heterocycles. The van der Waals surface area contributed by atoms with E-state index in [1.54, 1.807) is 0 Å². The Morgan fingerprint density at radius 3 is 2.54 bits per heavy atom. The van der Waals surface area contributed by atoms with E-state index < -0.39 is 0 Å². The summed E-state index contributed by atoms with van der Waals surface area (Å²) in [5.74, 6) is 1.23. The van der Waals surface area contributed by atoms with E-state index in [0.717, 1.165) is 82.1 Å². The van der Waals surface area contributed by atoms with Gasteiger partial charge < -0.3 is 25.0 Å². The molecule has 0 radical (unpaired) electrons. The number of aryl methyl sites for hydroxylation is 3. The van der Waals surface area contributed by atoms with Gasteiger partial charge >= 0.3 is 0 Å². The lowest BCUT2D eigenvalue weighted by atomic mass is 10.1. The zero-order chi connectivity index (χ0) is 28.2. The van der Waals surface area contributed by atoms with E-state index >= 15 is 0 Å². The fraction of sp³-hybridized carbons (Fsp3) is 0.290. The number of nitrogens with one attached hydrogen (secondary N) is 2. The monoisotopic (exact) mass is 547 g/mol. The van der Waals surface area contributed by atoms with Gasteiger partial charge in [-0.2, -0.15) is 5.10 Å². The van der Waals surface area contributed by atoms with Crippen molar-refractivity contribution in [3.8, 4) is 11.3 Å². The van der Waals surface area contributed by atoms with Gasteiger partial charge in [0.1, 0.15) is 0 Å². The smallest absolute Gasteiger partial charge is 0.261 e. The van der Waals surface area contributed by atoms with Gasteiger partial charge in [-0.3, -0.25) is 9.48 Å². The predicted octanol–water partition coefficient (Wildman–Crippen LogP) is 4.63. The van der Waals surface area contributed by atoms with Gasteiger partial charge in [0.2, 0.25) is 5.95 Å². The number of carbonyl (C=O) groups excluding carboxylic acids is 1. The Balaban J connectivity index is 1.23. The summed E-state index contributed by atoms with van der Waals surface area (Å²) in [6.45, 7) is 8.39. The fourth-order valence-electron chi connectivity index (χ4n) is 5.92. The van der Waals surface area contributed by atoms with Crippen molar-refractivity contribution in [2.24, 2.45) is 7.05 Å². The Hall–Kier alpha value is -4.70. The van der Waals surface area contributed by atoms with Crippen LogP contribution in [0.3, 0.4) is 0 Å². The van der Waals surface area contributed by atoms with Gasteiger partial charge in [0.25, 0.3) is 5.91 Å². The molecule has 0 saturated carbocycles. The number of amides is 1. The number of likely N-dealkylation sites (N-methyl/N-ethyl adjacent to an activating group) is 1. The molecule has 0 atom stereocenters. The van der Waals surface area contributed by atoms with Gasteiger partial charge in [-0.05, 0) is 44.2 Å². The zero-order valence-corrected chi connectivity index (χ0v) is 23.8. The van der Waals surface area contributed by atoms with Crippen molar-refractivity contribution in [3.05, 3.63) is 77.2 Å². The highest BCUT2D eigenvalue weighted by molar-refractivity contribution is 6.17. The van der Waals surface area contributed by atoms with Crippen molar-refractivity contribution in [1.82, 2.24) is 29.6 Å². The number of rotatable bonds is 5. The molecule has 41 heavy (non-hydrogen) atoms. The lowest BCUT2D eigenvalue weighted by Crippen LogP contribution is -2.45. The van der Waals surface area contributed by atoms with E-state index in [-0.39, 0.29) is 5.91 Å². The second kappa shape index (κ2) is 9.74. The van der Waals surface area contributed by atoms with Gasteiger partial charge in [-0.1, -0.05) is 24.3 Å². The number of carbonyl (C=O) groups is 1. The molecule has 2 N–H and O–H groups in total. The minimum Gasteiger partial charge on any atom is -0.368 e. The van der Waals surface area contributed by atoms with Crippen molar-refractivity contribution in [2.75, 3.05) is 48.3 Å². The van der Waals surface area contributed by atoms with Gasteiger partial charge in [-0.15, -0.1) is 0 Å². The van der Waals surface area contributed by atoms with E-state index in [2.05, 4.69) is 61.5 Å². The quantitative estimate of drug-likeness (QED) is 0.331. The average molecular weight is 548 g/mol. The van der Waals surface area contributed by atoms with Crippen LogP contribution in [0.2, 0.25) is 0 Å². The van der Waals surface area contributed by atoms with Crippen LogP contribution >= 0.6 is 0 Å². The second-order valence-corrected chi connectivity index (χ2v) is 11.0. The molecule has 2 aliphatic rings. The van der Waals surface area contributed by atoms with Crippen LogP contribution in [-0.4, -0.2) is 68.8 Å². The van der Waals surface area contributed by atoms with E-state index in [1.807, 2.05) is 61.1 Å². The molecule has 1 fully saturated rings. The molecule has 0 spiro atoms. The van der Waals surface area contributed by atoms with Crippen molar-refractivity contribution in [3.63, 3.8) is 0 Å². The molecule has 1 saturated heterocycles. The molecule has 3 aromatic heterocycles. The normalized spacial score (nSPS) is 15.7. The molecular weight excluding hydrogens is 514 g/mol. The Morgan fingerprint density at radius 1 is 0.976 bits per heavy atom. The van der Waals surface area contributed by atoms with Crippen molar-refractivity contribution in [2.45, 2.75) is 20.4 Å². The third-order valence-corrected chi connectivity index (χ3v) is 8.32. The first-order valence-electron chi connectivity index (χ1n) is 14.0. The van der Waals surface area contributed by atoms with E-state index in [4.69, 9.17) is 4.98 Å². The first kappa shape index (κ1) is 25.3. The van der Waals surface area contributed by atoms with Crippen molar-refractivity contribution < 1.29 is 4.79 Å². The molecule has 7 rings (SSSR count). The van der Waals surface area contributed by atoms with E-state index in [9.17, 15) is 4.79 Å². The number of aromatic amines is 1. The van der Waals surface area contributed by atoms with Gasteiger partial charge in [0.05, 0.1) is 29.0 Å². The largest absolute Gasteiger partial charge is 0.368 e. The maximum absolute atomic E-state index is 14.0. The number of nitrogens with zero attached hydrogens (tertiary/aromatic N) is 7. The van der Waals surface area contributed by atoms with Crippen LogP contribution in [0.4, 0.5) is 23.1 Å². The van der Waals surface area contributed by atoms with Crippen LogP contribution in [0, 0.1) is 13.8 Å². The number of anilines is 4. The highest BCUT2D eigenvalue weighted by atomic mass is 16.2. The minimum atomic E-state index is 0.0496. The molecule has 5 aromatic rings. The Labute approximate surface area is 238 Å². The molecule has 208 valence electrons. The Kier molecular flexibility index (Phi) is 6.01. The molecular formula is C31H33N9O. The van der Waals surface area contributed by atoms with E-state index in [1.165, 1.54) is 0 Å². The number of benzene rings is 2. The third kappa shape index (κ3) is 4.31. The van der Waals surface area contributed by atoms with Gasteiger partial charge in [0, 0.05) is 74.0 Å². The molecule has 2 aliphatic heterocycles. The number of hydrogen-bond donors (Lipinski definition) is 2. The van der Waals surface area contributed by atoms with Gasteiger partial charge in [0.15, 0.2) is 5.82 Å². The SMILES string of the molecule is Cc1cnc(Nc2cc(C)n(C)n2)nc1-c1c[nH]c2c(N3Cc4cccc(N5CCN(C)CC5)c4C3=O)cccc12. The predicted molar refractivity (Wildman–Crippen MR) is 162 cm³/mol. The molecule has 2 aromatic carbocycles. The summed E-state index contributed by atoms with van der Waals surface area (Å²) in [6.07, 6.45) is 3.80. The molecule has 0 unspecified atom stereocenters. The molecule has 0 bridgehead atoms. The lowest BCUT2D eigenvalue weighted by molar-refractivity contribution is 0.0997. The first-order valence-corrected chi connectivity index (χ1v) is 14.0. The number of H-pyrrole nitrogens is 1. The van der Waals surface area contributed by atoms with Crippen molar-refractivity contribution >= 4 is 40.0 Å². The number of aromatic nitrogens is 5. The summed E-state index contributed by atoms with van der Waals surface area (Å²) >= 11 is 0. The summed E-state index contributed by atoms with van der Waals surface area (Å²) in [4.78, 5) is 33.4. The zero-order valence-electron chi connectivity index (χ0n) is 23.8. The summed E-state index contributed by atoms with van der Waals surface area (Å²) in [5.41, 5.74) is 8.51. The highest BCUT2D eigenvalue weighted by Crippen LogP contribution is 2.40. The standard InChI is InChI=1S/C31H33N9O/c1-19-16-33-31(34-26-15-20(2)38(4)36-26)35-28(19)23-17-32-29-22(23)8-6-10-25(29)40-18-21-7-5-9-24(27(21)30(40)41)39-13-11-37(3)12-14-39/h5-10,15-17,32H,11-14,18H2,1-4H3,(H,33,34,35,36). The van der Waals surface area contributed by atoms with E-state index in [0.29, 0.717) is 18.3 Å². The third-order valence-electron chi connectivity index (χ3n) is 8.32. The average Bonchev–Trinajstić information content (AvgIpc) is 3.65. The summed E-state index contributed by atoms with van der Waals surface area (Å²) in [6, 6.07) is 14.3. The second-order valence-electron chi connectivity index (χ2n) is 11.0. The highest BCUT2D eigenvalue weighted by Gasteiger charge is 2.34. The summed E-state index contributed by atoms with van der Waals surface area (Å²) < 4.78 is 1.81. The van der Waals surface area contributed by atoms with Gasteiger partial charge in [-0.25, -0.2) is 9.97 Å². The number of piperazine rings is 1. The van der Waals surface area contributed by atoms with Crippen LogP contribution < -0.4 is 15.1 Å². The summed E-state index contributed by atoms with van der Waals surface area (Å²) in [7, 11) is 4.05. The molecule has 1 amide bonds. The Bertz CT molecular complexity index is 1780. The maximum atomic E-state index is 14.0. The fourth-order valence-corrected chi connectivity index (χ4v) is 5.92.